The first-order chi connectivity index (χ1) is 8.27. The van der Waals surface area contributed by atoms with Crippen LogP contribution in [0.5, 0.6) is 0 Å². The zero-order valence-corrected chi connectivity index (χ0v) is 11.1. The molecular weight excluding hydrogens is 216 g/mol. The Kier molecular flexibility index (Phi) is 6.93. The summed E-state index contributed by atoms with van der Waals surface area (Å²) in [6, 6.07) is 4.28. The van der Waals surface area contributed by atoms with Gasteiger partial charge < -0.3 is 19.4 Å². The zero-order valence-electron chi connectivity index (χ0n) is 11.1. The second-order valence-corrected chi connectivity index (χ2v) is 4.23. The van der Waals surface area contributed by atoms with Gasteiger partial charge in [-0.1, -0.05) is 6.92 Å². The third-order valence-corrected chi connectivity index (χ3v) is 2.86. The maximum Gasteiger partial charge on any atom is 0.120 e. The molecule has 4 nitrogen and oxygen atoms in total. The predicted octanol–water partition coefficient (Wildman–Crippen LogP) is 1.90. The van der Waals surface area contributed by atoms with Crippen LogP contribution < -0.4 is 5.32 Å². The van der Waals surface area contributed by atoms with E-state index < -0.39 is 0 Å². The lowest BCUT2D eigenvalue weighted by molar-refractivity contribution is 0.160. The lowest BCUT2D eigenvalue weighted by Crippen LogP contribution is -2.33. The fourth-order valence-corrected chi connectivity index (χ4v) is 1.72. The van der Waals surface area contributed by atoms with Crippen molar-refractivity contribution in [3.8, 4) is 0 Å². The van der Waals surface area contributed by atoms with Gasteiger partial charge in [0.15, 0.2) is 0 Å². The topological polar surface area (TPSA) is 37.6 Å². The van der Waals surface area contributed by atoms with Crippen molar-refractivity contribution in [3.05, 3.63) is 24.2 Å². The Morgan fingerprint density at radius 2 is 2.29 bits per heavy atom. The fourth-order valence-electron chi connectivity index (χ4n) is 1.72. The predicted molar refractivity (Wildman–Crippen MR) is 69.1 cm³/mol. The van der Waals surface area contributed by atoms with Gasteiger partial charge in [-0.15, -0.1) is 0 Å². The fraction of sp³-hybridized carbons (Fsp3) is 0.692. The molecule has 0 saturated heterocycles. The molecular formula is C13H24N2O2. The number of hydrogen-bond donors (Lipinski definition) is 1. The van der Waals surface area contributed by atoms with Crippen molar-refractivity contribution >= 4 is 0 Å². The minimum Gasteiger partial charge on any atom is -0.468 e. The largest absolute Gasteiger partial charge is 0.468 e. The summed E-state index contributed by atoms with van der Waals surface area (Å²) in [5.41, 5.74) is 0. The van der Waals surface area contributed by atoms with Gasteiger partial charge in [0.25, 0.3) is 0 Å². The van der Waals surface area contributed by atoms with Gasteiger partial charge in [-0.05, 0) is 25.6 Å². The standard InChI is InChI=1S/C13H24N2O2/c1-4-12(13-6-5-10-17-13)14-7-8-15(2)9-11-16-3/h5-6,10,12,14H,4,7-9,11H2,1-3H3. The number of methoxy groups -OCH3 is 1. The Morgan fingerprint density at radius 3 is 2.88 bits per heavy atom. The van der Waals surface area contributed by atoms with Crippen LogP contribution in [0.3, 0.4) is 0 Å². The molecule has 1 aromatic rings. The smallest absolute Gasteiger partial charge is 0.120 e. The van der Waals surface area contributed by atoms with Crippen molar-refractivity contribution in [2.45, 2.75) is 19.4 Å². The molecule has 17 heavy (non-hydrogen) atoms. The number of nitrogens with one attached hydrogen (secondary N) is 1. The van der Waals surface area contributed by atoms with Crippen molar-refractivity contribution in [1.82, 2.24) is 10.2 Å². The van der Waals surface area contributed by atoms with E-state index in [1.807, 2.05) is 12.1 Å². The van der Waals surface area contributed by atoms with Gasteiger partial charge in [-0.2, -0.15) is 0 Å². The molecule has 1 unspecified atom stereocenters. The van der Waals surface area contributed by atoms with Crippen LogP contribution in [-0.2, 0) is 4.74 Å². The normalized spacial score (nSPS) is 13.2. The maximum atomic E-state index is 5.41. The summed E-state index contributed by atoms with van der Waals surface area (Å²) < 4.78 is 10.5. The van der Waals surface area contributed by atoms with E-state index in [1.165, 1.54) is 0 Å². The number of rotatable bonds is 9. The Bertz CT molecular complexity index is 275. The highest BCUT2D eigenvalue weighted by Gasteiger charge is 2.10. The maximum absolute atomic E-state index is 5.41. The molecule has 0 aliphatic heterocycles. The lowest BCUT2D eigenvalue weighted by atomic mass is 10.2. The highest BCUT2D eigenvalue weighted by Crippen LogP contribution is 2.16. The van der Waals surface area contributed by atoms with Crippen molar-refractivity contribution in [3.63, 3.8) is 0 Å². The Balaban J connectivity index is 2.20. The molecule has 1 atom stereocenters. The van der Waals surface area contributed by atoms with E-state index in [4.69, 9.17) is 9.15 Å². The SMILES string of the molecule is CCC(NCCN(C)CCOC)c1ccco1. The van der Waals surface area contributed by atoms with Crippen LogP contribution in [0, 0.1) is 0 Å². The van der Waals surface area contributed by atoms with E-state index in [2.05, 4.69) is 24.2 Å². The number of likely N-dealkylation sites (N-methyl/N-ethyl adjacent to an activating group) is 1. The highest BCUT2D eigenvalue weighted by molar-refractivity contribution is 5.03. The molecule has 0 fully saturated rings. The molecule has 1 aromatic heterocycles. The van der Waals surface area contributed by atoms with Crippen LogP contribution in [0.4, 0.5) is 0 Å². The molecule has 0 aliphatic carbocycles. The summed E-state index contributed by atoms with van der Waals surface area (Å²) in [5.74, 6) is 1.02. The van der Waals surface area contributed by atoms with E-state index in [-0.39, 0.29) is 0 Å². The Hall–Kier alpha value is -0.840. The quantitative estimate of drug-likeness (QED) is 0.715. The van der Waals surface area contributed by atoms with Crippen molar-refractivity contribution in [1.29, 1.82) is 0 Å². The molecule has 0 saturated carbocycles. The first kappa shape index (κ1) is 14.2. The van der Waals surface area contributed by atoms with Gasteiger partial charge in [0.05, 0.1) is 18.9 Å². The van der Waals surface area contributed by atoms with Gasteiger partial charge >= 0.3 is 0 Å². The van der Waals surface area contributed by atoms with Crippen LogP contribution in [0.2, 0.25) is 0 Å². The van der Waals surface area contributed by atoms with Crippen molar-refractivity contribution in [2.24, 2.45) is 0 Å². The van der Waals surface area contributed by atoms with Crippen LogP contribution in [0.1, 0.15) is 25.1 Å². The Labute approximate surface area is 104 Å². The summed E-state index contributed by atoms with van der Waals surface area (Å²) in [6.07, 6.45) is 2.76. The third kappa shape index (κ3) is 5.35. The number of nitrogens with zero attached hydrogens (tertiary/aromatic N) is 1. The van der Waals surface area contributed by atoms with E-state index in [1.54, 1.807) is 13.4 Å². The number of furan rings is 1. The number of hydrogen-bond acceptors (Lipinski definition) is 4. The van der Waals surface area contributed by atoms with Crippen molar-refractivity contribution < 1.29 is 9.15 Å². The second-order valence-electron chi connectivity index (χ2n) is 4.23. The zero-order chi connectivity index (χ0) is 12.5. The average molecular weight is 240 g/mol. The molecule has 98 valence electrons. The molecule has 4 heteroatoms. The van der Waals surface area contributed by atoms with E-state index in [9.17, 15) is 0 Å². The van der Waals surface area contributed by atoms with E-state index >= 15 is 0 Å². The van der Waals surface area contributed by atoms with Crippen molar-refractivity contribution in [2.75, 3.05) is 40.4 Å². The summed E-state index contributed by atoms with van der Waals surface area (Å²) in [6.45, 7) is 5.89. The Morgan fingerprint density at radius 1 is 1.47 bits per heavy atom. The molecule has 0 amide bonds. The molecule has 0 aliphatic rings. The van der Waals surface area contributed by atoms with E-state index in [0.29, 0.717) is 6.04 Å². The number of ether oxygens (including phenoxy) is 1. The second kappa shape index (κ2) is 8.28. The van der Waals surface area contributed by atoms with Crippen LogP contribution >= 0.6 is 0 Å². The first-order valence-electron chi connectivity index (χ1n) is 6.22. The van der Waals surface area contributed by atoms with Gasteiger partial charge in [0, 0.05) is 26.7 Å². The minimum absolute atomic E-state index is 0.320. The van der Waals surface area contributed by atoms with Gasteiger partial charge in [0.1, 0.15) is 5.76 Å². The molecule has 1 rings (SSSR count). The summed E-state index contributed by atoms with van der Waals surface area (Å²) in [5, 5.41) is 3.50. The summed E-state index contributed by atoms with van der Waals surface area (Å²) in [7, 11) is 3.84. The molecule has 1 heterocycles. The van der Waals surface area contributed by atoms with Crippen LogP contribution in [0.15, 0.2) is 22.8 Å². The first-order valence-corrected chi connectivity index (χ1v) is 6.22. The van der Waals surface area contributed by atoms with Gasteiger partial charge in [0.2, 0.25) is 0 Å². The molecule has 0 bridgehead atoms. The minimum atomic E-state index is 0.320. The molecule has 0 spiro atoms. The molecule has 0 radical (unpaired) electrons. The lowest BCUT2D eigenvalue weighted by Gasteiger charge is -2.19. The van der Waals surface area contributed by atoms with Crippen LogP contribution in [-0.4, -0.2) is 45.3 Å². The van der Waals surface area contributed by atoms with Gasteiger partial charge in [-0.3, -0.25) is 0 Å². The summed E-state index contributed by atoms with van der Waals surface area (Å²) in [4.78, 5) is 2.26. The van der Waals surface area contributed by atoms with Gasteiger partial charge in [-0.25, -0.2) is 0 Å². The average Bonchev–Trinajstić information content (AvgIpc) is 2.85. The highest BCUT2D eigenvalue weighted by atomic mass is 16.5. The van der Waals surface area contributed by atoms with Crippen LogP contribution in [0.25, 0.3) is 0 Å². The summed E-state index contributed by atoms with van der Waals surface area (Å²) >= 11 is 0. The van der Waals surface area contributed by atoms with E-state index in [0.717, 1.165) is 38.4 Å². The third-order valence-electron chi connectivity index (χ3n) is 2.86. The molecule has 1 N–H and O–H groups in total. The monoisotopic (exact) mass is 240 g/mol. The molecule has 0 aromatic carbocycles.